The molecule has 4 rings (SSSR count). The van der Waals surface area contributed by atoms with E-state index < -0.39 is 0 Å². The Morgan fingerprint density at radius 2 is 2.00 bits per heavy atom. The number of carbonyl (C=O) groups is 1. The Hall–Kier alpha value is -2.18. The van der Waals surface area contributed by atoms with Crippen molar-refractivity contribution >= 4 is 5.91 Å². The summed E-state index contributed by atoms with van der Waals surface area (Å²) in [5.41, 5.74) is 4.95. The molecular formula is C21H28N4O2. The van der Waals surface area contributed by atoms with Crippen molar-refractivity contribution in [3.8, 4) is 0 Å². The summed E-state index contributed by atoms with van der Waals surface area (Å²) >= 11 is 0. The number of fused-ring (bicyclic) bond motifs is 1. The van der Waals surface area contributed by atoms with Crippen LogP contribution in [0.3, 0.4) is 0 Å². The molecule has 0 bridgehead atoms. The Kier molecular flexibility index (Phi) is 5.55. The molecule has 0 radical (unpaired) electrons. The second-order valence-electron chi connectivity index (χ2n) is 7.54. The SMILES string of the molecule is Cc1cccc(CN2CCn3nc(CCC(=O)N4CCOCC4)cc3C2)c1. The number of hydrogen-bond acceptors (Lipinski definition) is 4. The quantitative estimate of drug-likeness (QED) is 0.810. The predicted octanol–water partition coefficient (Wildman–Crippen LogP) is 2.00. The molecule has 2 aliphatic heterocycles. The van der Waals surface area contributed by atoms with Crippen molar-refractivity contribution < 1.29 is 9.53 Å². The molecule has 1 aromatic heterocycles. The van der Waals surface area contributed by atoms with E-state index in [4.69, 9.17) is 9.84 Å². The van der Waals surface area contributed by atoms with Crippen molar-refractivity contribution in [3.05, 3.63) is 52.8 Å². The normalized spacial score (nSPS) is 17.7. The number of carbonyl (C=O) groups excluding carboxylic acids is 1. The van der Waals surface area contributed by atoms with Gasteiger partial charge in [-0.25, -0.2) is 0 Å². The maximum atomic E-state index is 12.3. The number of rotatable bonds is 5. The third kappa shape index (κ3) is 4.57. The second-order valence-corrected chi connectivity index (χ2v) is 7.54. The topological polar surface area (TPSA) is 50.6 Å². The fourth-order valence-corrected chi connectivity index (χ4v) is 3.91. The average molecular weight is 368 g/mol. The molecule has 144 valence electrons. The van der Waals surface area contributed by atoms with Gasteiger partial charge in [0, 0.05) is 45.6 Å². The minimum absolute atomic E-state index is 0.213. The maximum absolute atomic E-state index is 12.3. The zero-order valence-electron chi connectivity index (χ0n) is 16.1. The van der Waals surface area contributed by atoms with Gasteiger partial charge in [-0.05, 0) is 18.6 Å². The standard InChI is InChI=1S/C21H28N4O2/c1-17-3-2-4-18(13-17)15-23-7-8-25-20(16-23)14-19(22-25)5-6-21(26)24-9-11-27-12-10-24/h2-4,13-14H,5-12,15-16H2,1H3. The molecule has 1 amide bonds. The number of hydrogen-bond donors (Lipinski definition) is 0. The van der Waals surface area contributed by atoms with Gasteiger partial charge in [0.2, 0.25) is 5.91 Å². The Balaban J connectivity index is 1.32. The van der Waals surface area contributed by atoms with Crippen molar-refractivity contribution in [1.82, 2.24) is 19.6 Å². The number of morpholine rings is 1. The second kappa shape index (κ2) is 8.23. The van der Waals surface area contributed by atoms with E-state index in [1.807, 2.05) is 4.90 Å². The van der Waals surface area contributed by atoms with Gasteiger partial charge in [0.15, 0.2) is 0 Å². The van der Waals surface area contributed by atoms with E-state index in [9.17, 15) is 4.79 Å². The molecule has 0 spiro atoms. The van der Waals surface area contributed by atoms with Crippen molar-refractivity contribution in [2.45, 2.75) is 39.4 Å². The first-order valence-corrected chi connectivity index (χ1v) is 9.86. The largest absolute Gasteiger partial charge is 0.378 e. The smallest absolute Gasteiger partial charge is 0.223 e. The Labute approximate surface area is 160 Å². The molecule has 1 fully saturated rings. The molecule has 1 saturated heterocycles. The van der Waals surface area contributed by atoms with E-state index in [2.05, 4.69) is 46.8 Å². The lowest BCUT2D eigenvalue weighted by Crippen LogP contribution is -2.40. The highest BCUT2D eigenvalue weighted by atomic mass is 16.5. The highest BCUT2D eigenvalue weighted by molar-refractivity contribution is 5.76. The lowest BCUT2D eigenvalue weighted by molar-refractivity contribution is -0.135. The number of ether oxygens (including phenoxy) is 1. The Bertz CT molecular complexity index is 795. The summed E-state index contributed by atoms with van der Waals surface area (Å²) in [6, 6.07) is 10.9. The molecule has 27 heavy (non-hydrogen) atoms. The minimum atomic E-state index is 0.213. The van der Waals surface area contributed by atoms with Crippen LogP contribution in [-0.2, 0) is 35.6 Å². The van der Waals surface area contributed by atoms with Crippen LogP contribution in [0.4, 0.5) is 0 Å². The summed E-state index contributed by atoms with van der Waals surface area (Å²) in [5.74, 6) is 0.213. The molecule has 0 N–H and O–H groups in total. The molecule has 0 atom stereocenters. The van der Waals surface area contributed by atoms with Crippen LogP contribution in [0.2, 0.25) is 0 Å². The lowest BCUT2D eigenvalue weighted by Gasteiger charge is -2.27. The number of benzene rings is 1. The van der Waals surface area contributed by atoms with Crippen molar-refractivity contribution in [3.63, 3.8) is 0 Å². The molecule has 0 unspecified atom stereocenters. The minimum Gasteiger partial charge on any atom is -0.378 e. The Morgan fingerprint density at radius 3 is 2.81 bits per heavy atom. The zero-order valence-corrected chi connectivity index (χ0v) is 16.1. The number of aryl methyl sites for hydroxylation is 2. The van der Waals surface area contributed by atoms with E-state index in [0.717, 1.165) is 31.9 Å². The summed E-state index contributed by atoms with van der Waals surface area (Å²) in [4.78, 5) is 16.7. The molecule has 6 heteroatoms. The van der Waals surface area contributed by atoms with Gasteiger partial charge in [-0.15, -0.1) is 0 Å². The number of aromatic nitrogens is 2. The van der Waals surface area contributed by atoms with E-state index in [-0.39, 0.29) is 5.91 Å². The predicted molar refractivity (Wildman–Crippen MR) is 103 cm³/mol. The van der Waals surface area contributed by atoms with Crippen molar-refractivity contribution in [2.24, 2.45) is 0 Å². The third-order valence-corrected chi connectivity index (χ3v) is 5.38. The molecule has 3 heterocycles. The summed E-state index contributed by atoms with van der Waals surface area (Å²) in [6.45, 7) is 8.68. The fraction of sp³-hybridized carbons (Fsp3) is 0.524. The monoisotopic (exact) mass is 368 g/mol. The van der Waals surface area contributed by atoms with Gasteiger partial charge < -0.3 is 9.64 Å². The Morgan fingerprint density at radius 1 is 1.15 bits per heavy atom. The third-order valence-electron chi connectivity index (χ3n) is 5.38. The first-order valence-electron chi connectivity index (χ1n) is 9.86. The van der Waals surface area contributed by atoms with Crippen LogP contribution in [0, 0.1) is 6.92 Å². The summed E-state index contributed by atoms with van der Waals surface area (Å²) in [7, 11) is 0. The van der Waals surface area contributed by atoms with Crippen LogP contribution in [0.15, 0.2) is 30.3 Å². The lowest BCUT2D eigenvalue weighted by atomic mass is 10.1. The zero-order chi connectivity index (χ0) is 18.6. The summed E-state index contributed by atoms with van der Waals surface area (Å²) in [6.07, 6.45) is 1.25. The van der Waals surface area contributed by atoms with E-state index >= 15 is 0 Å². The van der Waals surface area contributed by atoms with Gasteiger partial charge in [-0.1, -0.05) is 29.8 Å². The van der Waals surface area contributed by atoms with Gasteiger partial charge in [-0.3, -0.25) is 14.4 Å². The van der Waals surface area contributed by atoms with Gasteiger partial charge in [-0.2, -0.15) is 5.10 Å². The first kappa shape index (κ1) is 18.2. The average Bonchev–Trinajstić information content (AvgIpc) is 3.09. The van der Waals surface area contributed by atoms with E-state index in [0.29, 0.717) is 39.1 Å². The maximum Gasteiger partial charge on any atom is 0.223 e. The van der Waals surface area contributed by atoms with Crippen LogP contribution < -0.4 is 0 Å². The van der Waals surface area contributed by atoms with Gasteiger partial charge in [0.05, 0.1) is 31.1 Å². The number of amides is 1. The fourth-order valence-electron chi connectivity index (χ4n) is 3.91. The molecule has 2 aromatic rings. The number of nitrogens with zero attached hydrogens (tertiary/aromatic N) is 4. The van der Waals surface area contributed by atoms with Crippen molar-refractivity contribution in [2.75, 3.05) is 32.8 Å². The van der Waals surface area contributed by atoms with E-state index in [1.54, 1.807) is 0 Å². The molecule has 0 aliphatic carbocycles. The van der Waals surface area contributed by atoms with Crippen LogP contribution in [0.5, 0.6) is 0 Å². The van der Waals surface area contributed by atoms with Gasteiger partial charge >= 0.3 is 0 Å². The van der Waals surface area contributed by atoms with Gasteiger partial charge in [0.25, 0.3) is 0 Å². The molecule has 6 nitrogen and oxygen atoms in total. The molecule has 1 aromatic carbocycles. The van der Waals surface area contributed by atoms with Crippen LogP contribution >= 0.6 is 0 Å². The summed E-state index contributed by atoms with van der Waals surface area (Å²) < 4.78 is 7.43. The first-order chi connectivity index (χ1) is 13.2. The highest BCUT2D eigenvalue weighted by Gasteiger charge is 2.20. The van der Waals surface area contributed by atoms with E-state index in [1.165, 1.54) is 16.8 Å². The van der Waals surface area contributed by atoms with Crippen molar-refractivity contribution in [1.29, 1.82) is 0 Å². The van der Waals surface area contributed by atoms with Crippen LogP contribution in [0.25, 0.3) is 0 Å². The highest BCUT2D eigenvalue weighted by Crippen LogP contribution is 2.18. The summed E-state index contributed by atoms with van der Waals surface area (Å²) in [5, 5.41) is 4.72. The van der Waals surface area contributed by atoms with Gasteiger partial charge in [0.1, 0.15) is 0 Å². The van der Waals surface area contributed by atoms with Crippen LogP contribution in [-0.4, -0.2) is 58.3 Å². The van der Waals surface area contributed by atoms with Crippen LogP contribution in [0.1, 0.15) is 28.9 Å². The molecule has 0 saturated carbocycles. The molecular weight excluding hydrogens is 340 g/mol. The molecule has 2 aliphatic rings.